The Bertz CT molecular complexity index is 1330. The van der Waals surface area contributed by atoms with E-state index in [1.54, 1.807) is 12.3 Å². The third-order valence-corrected chi connectivity index (χ3v) is 7.08. The van der Waals surface area contributed by atoms with E-state index in [1.165, 1.54) is 17.7 Å². The van der Waals surface area contributed by atoms with Gasteiger partial charge in [0.15, 0.2) is 11.9 Å². The Morgan fingerprint density at radius 3 is 2.54 bits per heavy atom. The fraction of sp³-hybridized carbons (Fsp3) is 0.321. The van der Waals surface area contributed by atoms with Crippen LogP contribution in [-0.2, 0) is 9.59 Å². The Morgan fingerprint density at radius 2 is 1.85 bits per heavy atom. The zero-order valence-electron chi connectivity index (χ0n) is 20.9. The molecule has 2 heterocycles. The van der Waals surface area contributed by atoms with Gasteiger partial charge in [-0.15, -0.1) is 13.2 Å². The number of aliphatic imine (C=N–C) groups is 1. The summed E-state index contributed by atoms with van der Waals surface area (Å²) in [6, 6.07) is 13.4. The Morgan fingerprint density at radius 1 is 1.10 bits per heavy atom. The number of benzene rings is 2. The summed E-state index contributed by atoms with van der Waals surface area (Å²) in [7, 11) is 0. The van der Waals surface area contributed by atoms with Gasteiger partial charge in [-0.05, 0) is 67.3 Å². The number of anilines is 2. The molecule has 0 aromatic heterocycles. The van der Waals surface area contributed by atoms with E-state index >= 15 is 0 Å². The minimum absolute atomic E-state index is 0.132. The molecule has 5 rings (SSSR count). The van der Waals surface area contributed by atoms with Crippen molar-refractivity contribution in [3.8, 4) is 5.75 Å². The van der Waals surface area contributed by atoms with E-state index in [1.807, 2.05) is 16.0 Å². The summed E-state index contributed by atoms with van der Waals surface area (Å²) < 4.78 is 41.4. The number of ether oxygens (including phenoxy) is 1. The highest BCUT2D eigenvalue weighted by Gasteiger charge is 2.35. The van der Waals surface area contributed by atoms with Crippen molar-refractivity contribution in [3.63, 3.8) is 0 Å². The van der Waals surface area contributed by atoms with Crippen LogP contribution in [0.15, 0.2) is 77.7 Å². The second kappa shape index (κ2) is 10.9. The van der Waals surface area contributed by atoms with Crippen LogP contribution in [0.5, 0.6) is 5.75 Å². The van der Waals surface area contributed by atoms with Gasteiger partial charge in [0.1, 0.15) is 5.75 Å². The minimum Gasteiger partial charge on any atom is -0.481 e. The first-order valence-electron chi connectivity index (χ1n) is 12.6. The lowest BCUT2D eigenvalue weighted by molar-refractivity contribution is -0.274. The number of carboxylic acids is 1. The van der Waals surface area contributed by atoms with E-state index < -0.39 is 24.0 Å². The number of hydrogen-bond donors (Lipinski definition) is 2. The van der Waals surface area contributed by atoms with Crippen LogP contribution < -0.4 is 19.9 Å². The highest BCUT2D eigenvalue weighted by atomic mass is 19.4. The lowest BCUT2D eigenvalue weighted by Crippen LogP contribution is -2.41. The molecule has 0 unspecified atom stereocenters. The summed E-state index contributed by atoms with van der Waals surface area (Å²) in [4.78, 5) is 31.9. The van der Waals surface area contributed by atoms with Crippen LogP contribution in [0.3, 0.4) is 0 Å². The molecule has 0 bridgehead atoms. The Labute approximate surface area is 223 Å². The number of amides is 1. The number of nitrogens with one attached hydrogen (secondary N) is 1. The first kappa shape index (κ1) is 26.5. The molecule has 2 aromatic rings. The Hall–Kier alpha value is -4.12. The van der Waals surface area contributed by atoms with Gasteiger partial charge in [0.05, 0.1) is 0 Å². The molecule has 2 N–H and O–H groups in total. The fourth-order valence-electron chi connectivity index (χ4n) is 5.17. The van der Waals surface area contributed by atoms with E-state index in [-0.39, 0.29) is 23.7 Å². The van der Waals surface area contributed by atoms with Gasteiger partial charge in [0.25, 0.3) is 11.7 Å². The van der Waals surface area contributed by atoms with Gasteiger partial charge in [0.2, 0.25) is 6.67 Å². The normalized spacial score (nSPS) is 21.2. The van der Waals surface area contributed by atoms with Gasteiger partial charge >= 0.3 is 12.3 Å². The van der Waals surface area contributed by atoms with Gasteiger partial charge in [-0.1, -0.05) is 23.1 Å². The molecule has 1 saturated carbocycles. The smallest absolute Gasteiger partial charge is 0.481 e. The minimum atomic E-state index is -4.83. The van der Waals surface area contributed by atoms with Crippen molar-refractivity contribution in [1.29, 1.82) is 0 Å². The Kier molecular flexibility index (Phi) is 7.42. The van der Waals surface area contributed by atoms with Crippen LogP contribution in [0.2, 0.25) is 0 Å². The van der Waals surface area contributed by atoms with Crippen LogP contribution in [0.4, 0.5) is 24.5 Å². The van der Waals surface area contributed by atoms with Crippen molar-refractivity contribution >= 4 is 29.1 Å². The van der Waals surface area contributed by atoms with Crippen molar-refractivity contribution < 1.29 is 32.6 Å². The average molecular weight is 541 g/mol. The number of carboxylic acid groups (broad SMARTS) is 1. The topological polar surface area (TPSA) is 97.1 Å². The van der Waals surface area contributed by atoms with Crippen molar-refractivity contribution in [1.82, 2.24) is 4.90 Å². The molecule has 3 aliphatic rings. The molecule has 39 heavy (non-hydrogen) atoms. The van der Waals surface area contributed by atoms with Gasteiger partial charge in [-0.3, -0.25) is 14.5 Å². The summed E-state index contributed by atoms with van der Waals surface area (Å²) in [5.74, 6) is -0.427. The number of carbonyl (C=O) groups excluding carboxylic acids is 1. The number of amidine groups is 1. The maximum Gasteiger partial charge on any atom is 0.573 e. The second-order valence-electron chi connectivity index (χ2n) is 9.82. The maximum absolute atomic E-state index is 12.7. The quantitative estimate of drug-likeness (QED) is 0.442. The molecule has 0 spiro atoms. The number of nitrogens with zero attached hydrogens (tertiary/aromatic N) is 3. The molecule has 11 heteroatoms. The van der Waals surface area contributed by atoms with E-state index in [9.17, 15) is 22.8 Å². The largest absolute Gasteiger partial charge is 0.573 e. The predicted molar refractivity (Wildman–Crippen MR) is 139 cm³/mol. The number of aliphatic carboxylic acids is 1. The Balaban J connectivity index is 1.18. The first-order chi connectivity index (χ1) is 18.6. The molecule has 8 nitrogen and oxygen atoms in total. The molecule has 1 fully saturated rings. The third kappa shape index (κ3) is 6.66. The SMILES string of the molecule is O=C(O)CC1CCC(c2ccc(N3C=CC4=NC(C(=O)Nc5cccc(OC(F)(F)F)c5)=C[N+]4C3)cc2)CC1. The highest BCUT2D eigenvalue weighted by Crippen LogP contribution is 2.37. The number of hydrogen-bond acceptors (Lipinski definition) is 6. The number of fused-ring (bicyclic) bond motifs is 1. The van der Waals surface area contributed by atoms with Gasteiger partial charge < -0.3 is 15.2 Å². The van der Waals surface area contributed by atoms with Crippen LogP contribution >= 0.6 is 0 Å². The van der Waals surface area contributed by atoms with Crippen molar-refractivity contribution in [2.45, 2.75) is 44.4 Å². The first-order valence-corrected chi connectivity index (χ1v) is 12.6. The summed E-state index contributed by atoms with van der Waals surface area (Å²) in [5.41, 5.74) is 2.51. The molecule has 203 valence electrons. The van der Waals surface area contributed by atoms with Gasteiger partial charge in [0, 0.05) is 36.1 Å². The van der Waals surface area contributed by atoms with Crippen LogP contribution in [0, 0.1) is 5.92 Å². The lowest BCUT2D eigenvalue weighted by Gasteiger charge is -2.28. The van der Waals surface area contributed by atoms with Crippen molar-refractivity contribution in [3.05, 3.63) is 78.3 Å². The van der Waals surface area contributed by atoms with E-state index in [2.05, 4.69) is 39.3 Å². The van der Waals surface area contributed by atoms with Gasteiger partial charge in [-0.2, -0.15) is 4.99 Å². The summed E-state index contributed by atoms with van der Waals surface area (Å²) in [5, 5.41) is 11.6. The number of alkyl halides is 3. The molecule has 1 aliphatic carbocycles. The highest BCUT2D eigenvalue weighted by molar-refractivity contribution is 6.10. The molecule has 1 radical (unpaired) electrons. The monoisotopic (exact) mass is 540 g/mol. The van der Waals surface area contributed by atoms with Crippen LogP contribution in [0.1, 0.15) is 43.6 Å². The molecular weight excluding hydrogens is 513 g/mol. The second-order valence-corrected chi connectivity index (χ2v) is 9.82. The number of rotatable bonds is 7. The zero-order chi connectivity index (χ0) is 27.6. The summed E-state index contributed by atoms with van der Waals surface area (Å²) in [6.07, 6.45) is 4.53. The zero-order valence-corrected chi connectivity index (χ0v) is 20.9. The fourth-order valence-corrected chi connectivity index (χ4v) is 5.17. The van der Waals surface area contributed by atoms with E-state index in [0.29, 0.717) is 18.4 Å². The standard InChI is InChI=1S/C28H27F3N4O4/c29-28(30,31)39-23-3-1-2-21(15-23)32-27(38)24-16-35-17-34(13-12-25(35)33-24)22-10-8-20(9-11-22)19-6-4-18(5-7-19)14-26(36)37/h1-3,8-13,15-16,18-19H,4-7,14,17H2,(H,32,38)(H,36,37)/q+1. The molecule has 2 aromatic carbocycles. The van der Waals surface area contributed by atoms with E-state index in [0.717, 1.165) is 43.5 Å². The third-order valence-electron chi connectivity index (χ3n) is 7.08. The van der Waals surface area contributed by atoms with Crippen molar-refractivity contribution in [2.75, 3.05) is 16.9 Å². The summed E-state index contributed by atoms with van der Waals surface area (Å²) >= 11 is 0. The number of halogens is 3. The maximum atomic E-state index is 12.7. The van der Waals surface area contributed by atoms with Crippen LogP contribution in [0.25, 0.3) is 0 Å². The number of carbonyl (C=O) groups is 2. The molecule has 0 saturated heterocycles. The van der Waals surface area contributed by atoms with Crippen LogP contribution in [-0.4, -0.2) is 35.8 Å². The van der Waals surface area contributed by atoms with Gasteiger partial charge in [-0.25, -0.2) is 0 Å². The van der Waals surface area contributed by atoms with Crippen molar-refractivity contribution in [2.24, 2.45) is 10.9 Å². The van der Waals surface area contributed by atoms with E-state index in [4.69, 9.17) is 5.11 Å². The lowest BCUT2D eigenvalue weighted by atomic mass is 9.77. The molecular formula is C28H27F3N4O4+. The molecule has 1 amide bonds. The predicted octanol–water partition coefficient (Wildman–Crippen LogP) is 5.66. The summed E-state index contributed by atoms with van der Waals surface area (Å²) in [6.45, 7) is 0.431. The molecule has 2 aliphatic heterocycles. The average Bonchev–Trinajstić information content (AvgIpc) is 3.32. The molecule has 0 atom stereocenters.